The van der Waals surface area contributed by atoms with Crippen molar-refractivity contribution >= 4 is 29.8 Å². The van der Waals surface area contributed by atoms with E-state index in [1.54, 1.807) is 19.1 Å². The predicted octanol–water partition coefficient (Wildman–Crippen LogP) is 5.45. The molecule has 3 aromatic rings. The third-order valence-electron chi connectivity index (χ3n) is 4.57. The van der Waals surface area contributed by atoms with Crippen molar-refractivity contribution in [1.29, 1.82) is 0 Å². The fourth-order valence-electron chi connectivity index (χ4n) is 3.00. The normalized spacial score (nSPS) is 11.3. The summed E-state index contributed by atoms with van der Waals surface area (Å²) in [6.07, 6.45) is -4.85. The minimum Gasteiger partial charge on any atom is -0.478 e. The van der Waals surface area contributed by atoms with Gasteiger partial charge >= 0.3 is 17.8 Å². The molecule has 0 fully saturated rings. The van der Waals surface area contributed by atoms with Gasteiger partial charge in [-0.2, -0.15) is 13.2 Å². The number of alkyl halides is 3. The van der Waals surface area contributed by atoms with Crippen LogP contribution in [-0.4, -0.2) is 28.3 Å². The highest BCUT2D eigenvalue weighted by Gasteiger charge is 2.34. The van der Waals surface area contributed by atoms with E-state index >= 15 is 0 Å². The number of hydrogen-bond donors (Lipinski definition) is 0. The van der Waals surface area contributed by atoms with Crippen LogP contribution in [0, 0.1) is 10.5 Å². The van der Waals surface area contributed by atoms with Gasteiger partial charge in [-0.05, 0) is 25.1 Å². The van der Waals surface area contributed by atoms with Crippen LogP contribution in [0.4, 0.5) is 17.6 Å². The number of halogens is 5. The second-order valence-corrected chi connectivity index (χ2v) is 7.74. The summed E-state index contributed by atoms with van der Waals surface area (Å²) in [7, 11) is 0.888. The third kappa shape index (κ3) is 5.82. The van der Waals surface area contributed by atoms with Crippen molar-refractivity contribution in [1.82, 2.24) is 9.13 Å². The molecule has 0 N–H and O–H groups in total. The van der Waals surface area contributed by atoms with Gasteiger partial charge in [0.15, 0.2) is 18.1 Å². The second kappa shape index (κ2) is 10.5. The highest BCUT2D eigenvalue weighted by molar-refractivity contribution is 7.71. The quantitative estimate of drug-likeness (QED) is 0.229. The Labute approximate surface area is 206 Å². The van der Waals surface area contributed by atoms with E-state index in [0.717, 1.165) is 19.2 Å². The minimum atomic E-state index is -4.85. The number of hydrogen-bond acceptors (Lipinski definition) is 6. The zero-order valence-electron chi connectivity index (χ0n) is 18.2. The highest BCUT2D eigenvalue weighted by Crippen LogP contribution is 2.37. The Morgan fingerprint density at radius 3 is 2.40 bits per heavy atom. The number of carbonyl (C=O) groups is 1. The zero-order chi connectivity index (χ0) is 25.9. The summed E-state index contributed by atoms with van der Waals surface area (Å²) in [4.78, 5) is 24.3. The number of esters is 1. The Bertz CT molecular complexity index is 1390. The lowest BCUT2D eigenvalue weighted by Crippen LogP contribution is -2.33. The van der Waals surface area contributed by atoms with Crippen molar-refractivity contribution in [2.24, 2.45) is 7.05 Å². The number of carbonyl (C=O) groups excluding carboxylic acids is 1. The van der Waals surface area contributed by atoms with E-state index < -0.39 is 46.3 Å². The van der Waals surface area contributed by atoms with Gasteiger partial charge in [-0.25, -0.2) is 18.5 Å². The largest absolute Gasteiger partial charge is 0.478 e. The zero-order valence-corrected chi connectivity index (χ0v) is 19.8. The molecule has 13 heteroatoms. The SMILES string of the molecule is CCOC(=O)COc1ccccc1Oc1cc(-n2c(=S)cc(C(F)(F)F)n(C)c2=O)c(F)cc1Cl. The molecular weight excluding hydrogens is 516 g/mol. The van der Waals surface area contributed by atoms with Crippen LogP contribution in [-0.2, 0) is 22.8 Å². The molecular formula is C22H17ClF4N2O5S. The van der Waals surface area contributed by atoms with Crippen molar-refractivity contribution in [2.45, 2.75) is 13.1 Å². The number of rotatable bonds is 7. The van der Waals surface area contributed by atoms with Gasteiger partial charge in [-0.3, -0.25) is 4.57 Å². The van der Waals surface area contributed by atoms with Crippen molar-refractivity contribution in [3.63, 3.8) is 0 Å². The molecule has 0 saturated heterocycles. The van der Waals surface area contributed by atoms with Crippen LogP contribution in [0.15, 0.2) is 47.3 Å². The van der Waals surface area contributed by atoms with Crippen molar-refractivity contribution < 1.29 is 36.6 Å². The Morgan fingerprint density at radius 2 is 1.77 bits per heavy atom. The molecule has 0 radical (unpaired) electrons. The first-order valence-electron chi connectivity index (χ1n) is 9.89. The fraction of sp³-hybridized carbons (Fsp3) is 0.227. The number of ether oxygens (including phenoxy) is 3. The van der Waals surface area contributed by atoms with E-state index in [1.807, 2.05) is 0 Å². The lowest BCUT2D eigenvalue weighted by molar-refractivity contribution is -0.145. The Balaban J connectivity index is 2.05. The van der Waals surface area contributed by atoms with Gasteiger partial charge < -0.3 is 14.2 Å². The van der Waals surface area contributed by atoms with Gasteiger partial charge in [-0.1, -0.05) is 36.0 Å². The summed E-state index contributed by atoms with van der Waals surface area (Å²) in [5, 5.41) is -0.207. The molecule has 0 atom stereocenters. The lowest BCUT2D eigenvalue weighted by Gasteiger charge is -2.17. The maximum absolute atomic E-state index is 14.8. The molecule has 7 nitrogen and oxygen atoms in total. The molecule has 0 unspecified atom stereocenters. The van der Waals surface area contributed by atoms with Crippen LogP contribution in [0.3, 0.4) is 0 Å². The maximum atomic E-state index is 14.8. The second-order valence-electron chi connectivity index (χ2n) is 6.92. The van der Waals surface area contributed by atoms with E-state index in [1.165, 1.54) is 12.1 Å². The topological polar surface area (TPSA) is 71.7 Å². The summed E-state index contributed by atoms with van der Waals surface area (Å²) in [5.41, 5.74) is -2.99. The standard InChI is InChI=1S/C22H17ClF4N2O5S/c1-3-32-20(30)11-33-15-6-4-5-7-16(15)34-17-9-14(13(24)8-12(17)23)29-19(35)10-18(22(25,26)27)28(2)21(29)31/h4-10H,3,11H2,1-2H3. The molecule has 35 heavy (non-hydrogen) atoms. The smallest absolute Gasteiger partial charge is 0.431 e. The van der Waals surface area contributed by atoms with Crippen molar-refractivity contribution in [2.75, 3.05) is 13.2 Å². The highest BCUT2D eigenvalue weighted by atomic mass is 35.5. The van der Waals surface area contributed by atoms with Crippen LogP contribution >= 0.6 is 23.8 Å². The Morgan fingerprint density at radius 1 is 1.11 bits per heavy atom. The molecule has 1 aromatic heterocycles. The molecule has 1 heterocycles. The summed E-state index contributed by atoms with van der Waals surface area (Å²) in [6.45, 7) is 1.40. The fourth-order valence-corrected chi connectivity index (χ4v) is 3.48. The molecule has 0 amide bonds. The number of para-hydroxylation sites is 2. The average Bonchev–Trinajstić information content (AvgIpc) is 2.78. The van der Waals surface area contributed by atoms with E-state index in [2.05, 4.69) is 0 Å². The van der Waals surface area contributed by atoms with Gasteiger partial charge in [0, 0.05) is 19.2 Å². The molecule has 0 saturated carbocycles. The molecule has 186 valence electrons. The number of nitrogens with zero attached hydrogens (tertiary/aromatic N) is 2. The lowest BCUT2D eigenvalue weighted by atomic mass is 10.2. The first-order chi connectivity index (χ1) is 16.4. The van der Waals surface area contributed by atoms with E-state index in [-0.39, 0.29) is 28.9 Å². The molecule has 0 spiro atoms. The van der Waals surface area contributed by atoms with Crippen LogP contribution in [0.5, 0.6) is 17.2 Å². The summed E-state index contributed by atoms with van der Waals surface area (Å²) in [5.74, 6) is -1.58. The van der Waals surface area contributed by atoms with Gasteiger partial charge in [0.05, 0.1) is 17.3 Å². The maximum Gasteiger partial charge on any atom is 0.431 e. The Hall–Kier alpha value is -3.38. The van der Waals surface area contributed by atoms with Crippen molar-refractivity contribution in [3.05, 3.63) is 74.1 Å². The van der Waals surface area contributed by atoms with Gasteiger partial charge in [-0.15, -0.1) is 0 Å². The molecule has 0 aliphatic carbocycles. The summed E-state index contributed by atoms with van der Waals surface area (Å²) >= 11 is 11.1. The van der Waals surface area contributed by atoms with Crippen LogP contribution in [0.25, 0.3) is 5.69 Å². The van der Waals surface area contributed by atoms with Crippen LogP contribution in [0.2, 0.25) is 5.02 Å². The van der Waals surface area contributed by atoms with Crippen LogP contribution in [0.1, 0.15) is 12.6 Å². The Kier molecular flexibility index (Phi) is 7.86. The molecule has 0 aliphatic heterocycles. The van der Waals surface area contributed by atoms with E-state index in [4.69, 9.17) is 38.0 Å². The van der Waals surface area contributed by atoms with Gasteiger partial charge in [0.2, 0.25) is 0 Å². The van der Waals surface area contributed by atoms with Gasteiger partial charge in [0.25, 0.3) is 0 Å². The van der Waals surface area contributed by atoms with Crippen molar-refractivity contribution in [3.8, 4) is 22.9 Å². The molecule has 2 aromatic carbocycles. The van der Waals surface area contributed by atoms with Gasteiger partial charge in [0.1, 0.15) is 21.9 Å². The number of benzene rings is 2. The van der Waals surface area contributed by atoms with Crippen LogP contribution < -0.4 is 15.2 Å². The number of aromatic nitrogens is 2. The third-order valence-corrected chi connectivity index (χ3v) is 5.17. The minimum absolute atomic E-state index is 0.0835. The molecule has 3 rings (SSSR count). The monoisotopic (exact) mass is 532 g/mol. The molecule has 0 bridgehead atoms. The first kappa shape index (κ1) is 26.2. The summed E-state index contributed by atoms with van der Waals surface area (Å²) < 4.78 is 70.7. The predicted molar refractivity (Wildman–Crippen MR) is 120 cm³/mol. The first-order valence-corrected chi connectivity index (χ1v) is 10.7. The van der Waals surface area contributed by atoms with E-state index in [9.17, 15) is 27.2 Å². The summed E-state index contributed by atoms with van der Waals surface area (Å²) in [6, 6.07) is 8.56. The average molecular weight is 533 g/mol. The van der Waals surface area contributed by atoms with E-state index in [0.29, 0.717) is 15.2 Å². The molecule has 0 aliphatic rings.